The maximum atomic E-state index is 10.7. The lowest BCUT2D eigenvalue weighted by atomic mass is 10.2. The zero-order valence-corrected chi connectivity index (χ0v) is 10.7. The van der Waals surface area contributed by atoms with Gasteiger partial charge in [0.05, 0.1) is 21.0 Å². The molecular formula is C8H5Br2NO4. The van der Waals surface area contributed by atoms with Gasteiger partial charge in [-0.15, -0.1) is 0 Å². The van der Waals surface area contributed by atoms with Gasteiger partial charge in [-0.3, -0.25) is 14.9 Å². The van der Waals surface area contributed by atoms with Crippen molar-refractivity contribution in [1.82, 2.24) is 0 Å². The van der Waals surface area contributed by atoms with E-state index in [4.69, 9.17) is 4.74 Å². The fraction of sp³-hybridized carbons (Fsp3) is 0.125. The Labute approximate surface area is 102 Å². The normalized spacial score (nSPS) is 9.80. The molecule has 0 bridgehead atoms. The van der Waals surface area contributed by atoms with Gasteiger partial charge in [0.2, 0.25) is 0 Å². The van der Waals surface area contributed by atoms with Crippen molar-refractivity contribution in [1.29, 1.82) is 0 Å². The quantitative estimate of drug-likeness (QED) is 0.482. The van der Waals surface area contributed by atoms with Crippen molar-refractivity contribution in [2.45, 2.75) is 0 Å². The summed E-state index contributed by atoms with van der Waals surface area (Å²) in [6.07, 6.45) is 0.414. The maximum Gasteiger partial charge on any atom is 0.282 e. The number of nitro groups is 1. The number of hydrogen-bond acceptors (Lipinski definition) is 4. The van der Waals surface area contributed by atoms with Crippen LogP contribution < -0.4 is 4.74 Å². The zero-order valence-electron chi connectivity index (χ0n) is 7.49. The molecule has 0 saturated carbocycles. The number of ether oxygens (including phenoxy) is 1. The summed E-state index contributed by atoms with van der Waals surface area (Å²) < 4.78 is 5.65. The van der Waals surface area contributed by atoms with E-state index in [1.807, 2.05) is 0 Å². The minimum atomic E-state index is -0.626. The molecule has 0 amide bonds. The average molecular weight is 339 g/mol. The van der Waals surface area contributed by atoms with Crippen molar-refractivity contribution in [2.24, 2.45) is 0 Å². The summed E-state index contributed by atoms with van der Waals surface area (Å²) in [7, 11) is 1.41. The third kappa shape index (κ3) is 2.18. The van der Waals surface area contributed by atoms with Crippen molar-refractivity contribution in [2.75, 3.05) is 7.11 Å². The molecule has 0 saturated heterocycles. The Morgan fingerprint density at radius 3 is 2.53 bits per heavy atom. The van der Waals surface area contributed by atoms with Gasteiger partial charge in [-0.25, -0.2) is 0 Å². The van der Waals surface area contributed by atoms with Crippen LogP contribution in [0, 0.1) is 10.1 Å². The Morgan fingerprint density at radius 2 is 2.13 bits per heavy atom. The van der Waals surface area contributed by atoms with Gasteiger partial charge in [-0.1, -0.05) is 0 Å². The van der Waals surface area contributed by atoms with Gasteiger partial charge in [-0.05, 0) is 31.9 Å². The van der Waals surface area contributed by atoms with Gasteiger partial charge in [0, 0.05) is 6.07 Å². The van der Waals surface area contributed by atoms with Gasteiger partial charge >= 0.3 is 0 Å². The fourth-order valence-electron chi connectivity index (χ4n) is 1.05. The highest BCUT2D eigenvalue weighted by atomic mass is 79.9. The molecule has 0 unspecified atom stereocenters. The van der Waals surface area contributed by atoms with Crippen LogP contribution in [0.3, 0.4) is 0 Å². The highest BCUT2D eigenvalue weighted by molar-refractivity contribution is 9.11. The molecule has 1 aromatic carbocycles. The summed E-state index contributed by atoms with van der Waals surface area (Å²) >= 11 is 6.20. The van der Waals surface area contributed by atoms with Crippen molar-refractivity contribution >= 4 is 43.8 Å². The van der Waals surface area contributed by atoms with Crippen LogP contribution in [0.25, 0.3) is 0 Å². The smallest absolute Gasteiger partial charge is 0.282 e. The molecular weight excluding hydrogens is 334 g/mol. The van der Waals surface area contributed by atoms with Gasteiger partial charge in [0.25, 0.3) is 5.69 Å². The second kappa shape index (κ2) is 4.71. The van der Waals surface area contributed by atoms with Crippen LogP contribution in [-0.2, 0) is 0 Å². The van der Waals surface area contributed by atoms with E-state index in [1.54, 1.807) is 0 Å². The SMILES string of the molecule is COc1c(Br)cc([N+](=O)[O-])c(C=O)c1Br. The molecule has 15 heavy (non-hydrogen) atoms. The molecule has 7 heteroatoms. The minimum Gasteiger partial charge on any atom is -0.494 e. The van der Waals surface area contributed by atoms with Gasteiger partial charge in [0.1, 0.15) is 11.3 Å². The van der Waals surface area contributed by atoms with E-state index in [0.29, 0.717) is 16.5 Å². The molecule has 1 aromatic rings. The summed E-state index contributed by atoms with van der Waals surface area (Å²) in [6, 6.07) is 1.23. The first-order valence-corrected chi connectivity index (χ1v) is 5.27. The molecule has 0 aliphatic heterocycles. The third-order valence-corrected chi connectivity index (χ3v) is 3.09. The molecule has 0 atom stereocenters. The lowest BCUT2D eigenvalue weighted by Crippen LogP contribution is -1.98. The molecule has 80 valence electrons. The Bertz CT molecular complexity index is 433. The first-order valence-electron chi connectivity index (χ1n) is 3.68. The second-order valence-electron chi connectivity index (χ2n) is 2.51. The van der Waals surface area contributed by atoms with Crippen LogP contribution in [0.2, 0.25) is 0 Å². The molecule has 0 N–H and O–H groups in total. The van der Waals surface area contributed by atoms with E-state index in [9.17, 15) is 14.9 Å². The van der Waals surface area contributed by atoms with Crippen LogP contribution in [0.1, 0.15) is 10.4 Å². The average Bonchev–Trinajstić information content (AvgIpc) is 2.17. The number of aldehydes is 1. The van der Waals surface area contributed by atoms with Gasteiger partial charge in [0.15, 0.2) is 6.29 Å². The van der Waals surface area contributed by atoms with Gasteiger partial charge in [-0.2, -0.15) is 0 Å². The summed E-state index contributed by atoms with van der Waals surface area (Å²) in [5, 5.41) is 10.6. The molecule has 0 fully saturated rings. The van der Waals surface area contributed by atoms with E-state index in [-0.39, 0.29) is 15.7 Å². The predicted molar refractivity (Wildman–Crippen MR) is 60.4 cm³/mol. The zero-order chi connectivity index (χ0) is 11.6. The summed E-state index contributed by atoms with van der Waals surface area (Å²) in [5.41, 5.74) is -0.315. The Morgan fingerprint density at radius 1 is 1.53 bits per heavy atom. The third-order valence-electron chi connectivity index (χ3n) is 1.71. The topological polar surface area (TPSA) is 69.4 Å². The van der Waals surface area contributed by atoms with Crippen molar-refractivity contribution < 1.29 is 14.5 Å². The van der Waals surface area contributed by atoms with Crippen molar-refractivity contribution in [3.05, 3.63) is 30.7 Å². The second-order valence-corrected chi connectivity index (χ2v) is 4.16. The first kappa shape index (κ1) is 12.1. The molecule has 0 radical (unpaired) electrons. The number of nitro benzene ring substituents is 1. The first-order chi connectivity index (χ1) is 7.02. The number of benzene rings is 1. The Hall–Kier alpha value is -0.950. The number of hydrogen-bond donors (Lipinski definition) is 0. The number of halogens is 2. The molecule has 5 nitrogen and oxygen atoms in total. The molecule has 1 rings (SSSR count). The van der Waals surface area contributed by atoms with E-state index < -0.39 is 4.92 Å². The number of rotatable bonds is 3. The molecule has 0 aliphatic rings. The van der Waals surface area contributed by atoms with Crippen molar-refractivity contribution in [3.63, 3.8) is 0 Å². The minimum absolute atomic E-state index is 0.0416. The van der Waals surface area contributed by atoms with Crippen LogP contribution in [0.15, 0.2) is 15.0 Å². The largest absolute Gasteiger partial charge is 0.494 e. The van der Waals surface area contributed by atoms with Gasteiger partial charge < -0.3 is 4.74 Å². The van der Waals surface area contributed by atoms with Crippen LogP contribution in [-0.4, -0.2) is 18.3 Å². The predicted octanol–water partition coefficient (Wildman–Crippen LogP) is 2.94. The molecule has 0 heterocycles. The summed E-state index contributed by atoms with van der Waals surface area (Å²) in [5.74, 6) is 0.350. The van der Waals surface area contributed by atoms with Crippen LogP contribution in [0.4, 0.5) is 5.69 Å². The molecule has 0 spiro atoms. The number of methoxy groups -OCH3 is 1. The maximum absolute atomic E-state index is 10.7. The Balaban J connectivity index is 3.58. The standard InChI is InChI=1S/C8H5Br2NO4/c1-15-8-5(9)2-6(11(13)14)4(3-12)7(8)10/h2-3H,1H3. The highest BCUT2D eigenvalue weighted by Gasteiger charge is 2.22. The summed E-state index contributed by atoms with van der Waals surface area (Å²) in [4.78, 5) is 20.7. The lowest BCUT2D eigenvalue weighted by molar-refractivity contribution is -0.385. The fourth-order valence-corrected chi connectivity index (χ4v) is 2.57. The Kier molecular flexibility index (Phi) is 3.81. The van der Waals surface area contributed by atoms with E-state index in [1.165, 1.54) is 13.2 Å². The van der Waals surface area contributed by atoms with Crippen LogP contribution >= 0.6 is 31.9 Å². The van der Waals surface area contributed by atoms with E-state index in [2.05, 4.69) is 31.9 Å². The van der Waals surface area contributed by atoms with E-state index >= 15 is 0 Å². The number of carbonyl (C=O) groups excluding carboxylic acids is 1. The monoisotopic (exact) mass is 337 g/mol. The molecule has 0 aliphatic carbocycles. The number of nitrogens with zero attached hydrogens (tertiary/aromatic N) is 1. The van der Waals surface area contributed by atoms with Crippen molar-refractivity contribution in [3.8, 4) is 5.75 Å². The highest BCUT2D eigenvalue weighted by Crippen LogP contribution is 2.40. The molecule has 0 aromatic heterocycles. The van der Waals surface area contributed by atoms with E-state index in [0.717, 1.165) is 0 Å². The van der Waals surface area contributed by atoms with Crippen LogP contribution in [0.5, 0.6) is 5.75 Å². The lowest BCUT2D eigenvalue weighted by Gasteiger charge is -2.07. The summed E-state index contributed by atoms with van der Waals surface area (Å²) in [6.45, 7) is 0. The number of carbonyl (C=O) groups is 1.